The van der Waals surface area contributed by atoms with Gasteiger partial charge in [0.2, 0.25) is 0 Å². The lowest BCUT2D eigenvalue weighted by atomic mass is 10.1. The van der Waals surface area contributed by atoms with Crippen molar-refractivity contribution < 1.29 is 28.5 Å². The van der Waals surface area contributed by atoms with Crippen molar-refractivity contribution in [3.8, 4) is 17.2 Å². The first-order chi connectivity index (χ1) is 15.5. The van der Waals surface area contributed by atoms with Gasteiger partial charge in [-0.25, -0.2) is 9.59 Å². The Labute approximate surface area is 190 Å². The Morgan fingerprint density at radius 3 is 1.97 bits per heavy atom. The first kappa shape index (κ1) is 25.4. The molecule has 0 saturated heterocycles. The van der Waals surface area contributed by atoms with Gasteiger partial charge in [0.1, 0.15) is 17.2 Å². The molecule has 32 heavy (non-hydrogen) atoms. The summed E-state index contributed by atoms with van der Waals surface area (Å²) in [7, 11) is 0. The van der Waals surface area contributed by atoms with E-state index in [9.17, 15) is 9.59 Å². The number of rotatable bonds is 14. The molecule has 0 spiro atoms. The van der Waals surface area contributed by atoms with Crippen molar-refractivity contribution in [1.82, 2.24) is 0 Å². The van der Waals surface area contributed by atoms with Gasteiger partial charge in [0.15, 0.2) is 6.10 Å². The van der Waals surface area contributed by atoms with Gasteiger partial charge in [-0.2, -0.15) is 0 Å². The molecule has 0 N–H and O–H groups in total. The van der Waals surface area contributed by atoms with E-state index in [4.69, 9.17) is 18.9 Å². The second-order valence-corrected chi connectivity index (χ2v) is 7.52. The largest absolute Gasteiger partial charge is 0.494 e. The molecule has 0 aliphatic heterocycles. The number of hydrogen-bond acceptors (Lipinski definition) is 6. The van der Waals surface area contributed by atoms with Gasteiger partial charge in [0.25, 0.3) is 0 Å². The van der Waals surface area contributed by atoms with Crippen molar-refractivity contribution in [2.75, 3.05) is 13.2 Å². The van der Waals surface area contributed by atoms with Crippen LogP contribution in [0.4, 0.5) is 0 Å². The molecule has 174 valence electrons. The molecular formula is C26H34O6. The van der Waals surface area contributed by atoms with Crippen LogP contribution in [0.3, 0.4) is 0 Å². The molecule has 2 rings (SSSR count). The Hall–Kier alpha value is -2.86. The minimum atomic E-state index is -0.651. The standard InChI is InChI=1S/C26H34O6/c1-4-6-7-8-9-10-19-30-22-15-17-24(18-16-22)32-26(28)21-11-13-23(14-12-21)31-25(27)20(3)29-5-2/h11-18,20H,4-10,19H2,1-3H3. The van der Waals surface area contributed by atoms with Crippen LogP contribution in [0.15, 0.2) is 48.5 Å². The summed E-state index contributed by atoms with van der Waals surface area (Å²) in [5, 5.41) is 0. The number of unbranched alkanes of at least 4 members (excludes halogenated alkanes) is 5. The molecule has 0 aliphatic rings. The molecular weight excluding hydrogens is 408 g/mol. The summed E-state index contributed by atoms with van der Waals surface area (Å²) in [6.07, 6.45) is 6.66. The number of carbonyl (C=O) groups is 2. The quantitative estimate of drug-likeness (QED) is 0.204. The van der Waals surface area contributed by atoms with E-state index in [2.05, 4.69) is 6.92 Å². The maximum Gasteiger partial charge on any atom is 0.343 e. The highest BCUT2D eigenvalue weighted by Crippen LogP contribution is 2.20. The summed E-state index contributed by atoms with van der Waals surface area (Å²) < 4.78 is 21.6. The molecule has 0 heterocycles. The summed E-state index contributed by atoms with van der Waals surface area (Å²) >= 11 is 0. The molecule has 0 radical (unpaired) electrons. The van der Waals surface area contributed by atoms with Gasteiger partial charge in [-0.15, -0.1) is 0 Å². The van der Waals surface area contributed by atoms with Crippen LogP contribution >= 0.6 is 0 Å². The molecule has 1 unspecified atom stereocenters. The number of carbonyl (C=O) groups excluding carboxylic acids is 2. The van der Waals surface area contributed by atoms with Crippen molar-refractivity contribution in [3.05, 3.63) is 54.1 Å². The summed E-state index contributed by atoms with van der Waals surface area (Å²) in [4.78, 5) is 24.2. The molecule has 0 bridgehead atoms. The predicted octanol–water partition coefficient (Wildman–Crippen LogP) is 5.98. The molecule has 2 aromatic carbocycles. The lowest BCUT2D eigenvalue weighted by Gasteiger charge is -2.11. The fraction of sp³-hybridized carbons (Fsp3) is 0.462. The van der Waals surface area contributed by atoms with Gasteiger partial charge >= 0.3 is 11.9 Å². The molecule has 1 atom stereocenters. The van der Waals surface area contributed by atoms with E-state index in [0.29, 0.717) is 30.3 Å². The Morgan fingerprint density at radius 1 is 0.750 bits per heavy atom. The van der Waals surface area contributed by atoms with Gasteiger partial charge in [0, 0.05) is 6.61 Å². The average molecular weight is 443 g/mol. The molecule has 6 heteroatoms. The number of ether oxygens (including phenoxy) is 4. The van der Waals surface area contributed by atoms with Crippen LogP contribution in [0.25, 0.3) is 0 Å². The molecule has 0 aliphatic carbocycles. The third kappa shape index (κ3) is 9.10. The van der Waals surface area contributed by atoms with E-state index >= 15 is 0 Å². The first-order valence-corrected chi connectivity index (χ1v) is 11.4. The lowest BCUT2D eigenvalue weighted by molar-refractivity contribution is -0.145. The van der Waals surface area contributed by atoms with Crippen molar-refractivity contribution in [2.45, 2.75) is 65.4 Å². The number of esters is 2. The van der Waals surface area contributed by atoms with Gasteiger partial charge < -0.3 is 18.9 Å². The second-order valence-electron chi connectivity index (χ2n) is 7.52. The smallest absolute Gasteiger partial charge is 0.343 e. The fourth-order valence-electron chi connectivity index (χ4n) is 3.02. The van der Waals surface area contributed by atoms with E-state index in [1.54, 1.807) is 62.4 Å². The molecule has 6 nitrogen and oxygen atoms in total. The van der Waals surface area contributed by atoms with Crippen molar-refractivity contribution >= 4 is 11.9 Å². The number of benzene rings is 2. The molecule has 0 aromatic heterocycles. The van der Waals surface area contributed by atoms with Crippen LogP contribution in [-0.2, 0) is 9.53 Å². The third-order valence-corrected chi connectivity index (χ3v) is 4.86. The van der Waals surface area contributed by atoms with Crippen molar-refractivity contribution in [2.24, 2.45) is 0 Å². The topological polar surface area (TPSA) is 71.1 Å². The maximum absolute atomic E-state index is 12.4. The maximum atomic E-state index is 12.4. The first-order valence-electron chi connectivity index (χ1n) is 11.4. The Balaban J connectivity index is 1.76. The van der Waals surface area contributed by atoms with Crippen molar-refractivity contribution in [3.63, 3.8) is 0 Å². The van der Waals surface area contributed by atoms with Gasteiger partial charge in [0.05, 0.1) is 12.2 Å². The zero-order valence-electron chi connectivity index (χ0n) is 19.3. The van der Waals surface area contributed by atoms with Gasteiger partial charge in [-0.05, 0) is 68.8 Å². The monoisotopic (exact) mass is 442 g/mol. The summed E-state index contributed by atoms with van der Waals surface area (Å²) in [6.45, 7) is 6.76. The Bertz CT molecular complexity index is 813. The number of hydrogen-bond donors (Lipinski definition) is 0. The van der Waals surface area contributed by atoms with E-state index in [-0.39, 0.29) is 0 Å². The average Bonchev–Trinajstić information content (AvgIpc) is 2.80. The van der Waals surface area contributed by atoms with Gasteiger partial charge in [-0.1, -0.05) is 39.0 Å². The normalized spacial score (nSPS) is 11.6. The highest BCUT2D eigenvalue weighted by molar-refractivity contribution is 5.91. The van der Waals surface area contributed by atoms with Crippen LogP contribution in [0.5, 0.6) is 17.2 Å². The Morgan fingerprint density at radius 2 is 1.31 bits per heavy atom. The zero-order chi connectivity index (χ0) is 23.2. The minimum Gasteiger partial charge on any atom is -0.494 e. The lowest BCUT2D eigenvalue weighted by Crippen LogP contribution is -2.25. The van der Waals surface area contributed by atoms with E-state index in [1.807, 2.05) is 0 Å². The predicted molar refractivity (Wildman–Crippen MR) is 123 cm³/mol. The summed E-state index contributed by atoms with van der Waals surface area (Å²) in [5.41, 5.74) is 0.353. The Kier molecular flexibility index (Phi) is 11.3. The molecule has 2 aromatic rings. The highest BCUT2D eigenvalue weighted by Gasteiger charge is 2.16. The third-order valence-electron chi connectivity index (χ3n) is 4.86. The van der Waals surface area contributed by atoms with Crippen LogP contribution < -0.4 is 14.2 Å². The minimum absolute atomic E-state index is 0.338. The second kappa shape index (κ2) is 14.2. The van der Waals surface area contributed by atoms with E-state index < -0.39 is 18.0 Å². The van der Waals surface area contributed by atoms with Gasteiger partial charge in [-0.3, -0.25) is 0 Å². The van der Waals surface area contributed by atoms with Crippen LogP contribution in [0.2, 0.25) is 0 Å². The molecule has 0 fully saturated rings. The molecule has 0 amide bonds. The van der Waals surface area contributed by atoms with Crippen LogP contribution in [0.1, 0.15) is 69.7 Å². The zero-order valence-corrected chi connectivity index (χ0v) is 19.3. The fourth-order valence-corrected chi connectivity index (χ4v) is 3.02. The highest BCUT2D eigenvalue weighted by atomic mass is 16.6. The summed E-state index contributed by atoms with van der Waals surface area (Å²) in [5.74, 6) is 0.547. The van der Waals surface area contributed by atoms with Crippen LogP contribution in [0, 0.1) is 0 Å². The van der Waals surface area contributed by atoms with Crippen molar-refractivity contribution in [1.29, 1.82) is 0 Å². The van der Waals surface area contributed by atoms with E-state index in [0.717, 1.165) is 12.2 Å². The molecule has 0 saturated carbocycles. The SMILES string of the molecule is CCCCCCCCOc1ccc(OC(=O)c2ccc(OC(=O)C(C)OCC)cc2)cc1. The van der Waals surface area contributed by atoms with Crippen LogP contribution in [-0.4, -0.2) is 31.3 Å². The van der Waals surface area contributed by atoms with E-state index in [1.165, 1.54) is 32.1 Å². The summed E-state index contributed by atoms with van der Waals surface area (Å²) in [6, 6.07) is 13.2.